The molecule has 2 aromatic rings. The Labute approximate surface area is 161 Å². The zero-order chi connectivity index (χ0) is 21.1. The molecule has 0 saturated heterocycles. The van der Waals surface area contributed by atoms with E-state index in [0.717, 1.165) is 29.5 Å². The predicted molar refractivity (Wildman–Crippen MR) is 110 cm³/mol. The summed E-state index contributed by atoms with van der Waals surface area (Å²) in [5, 5.41) is 9.99. The van der Waals surface area contributed by atoms with Crippen LogP contribution in [0.5, 0.6) is 11.5 Å². The van der Waals surface area contributed by atoms with Gasteiger partial charge in [0.2, 0.25) is 6.20 Å². The number of rotatable bonds is 5. The van der Waals surface area contributed by atoms with Crippen molar-refractivity contribution in [2.45, 2.75) is 27.7 Å². The Morgan fingerprint density at radius 2 is 1.15 bits per heavy atom. The second-order valence-electron chi connectivity index (χ2n) is 4.27. The van der Waals surface area contributed by atoms with Gasteiger partial charge in [0.25, 0.3) is 0 Å². The van der Waals surface area contributed by atoms with Crippen LogP contribution in [0.15, 0.2) is 54.7 Å². The van der Waals surface area contributed by atoms with Gasteiger partial charge < -0.3 is 9.47 Å². The monoisotopic (exact) mass is 375 g/mol. The van der Waals surface area contributed by atoms with Gasteiger partial charge >= 0.3 is 0 Å². The largest absolute Gasteiger partial charge is 0.497 e. The minimum Gasteiger partial charge on any atom is -0.497 e. The molecule has 0 heterocycles. The van der Waals surface area contributed by atoms with Crippen molar-refractivity contribution in [2.75, 3.05) is 14.2 Å². The van der Waals surface area contributed by atoms with Gasteiger partial charge in [-0.25, -0.2) is 0 Å². The number of aldehydes is 1. The molecule has 6 nitrogen and oxygen atoms in total. The number of nitrogens with zero attached hydrogens (tertiary/aromatic N) is 1. The van der Waals surface area contributed by atoms with Gasteiger partial charge in [-0.2, -0.15) is 0 Å². The molecule has 0 spiro atoms. The first-order valence-electron chi connectivity index (χ1n) is 8.64. The van der Waals surface area contributed by atoms with E-state index in [-0.39, 0.29) is 0 Å². The summed E-state index contributed by atoms with van der Waals surface area (Å²) in [7, 11) is 3.16. The molecule has 0 unspecified atom stereocenters. The molecule has 0 aliphatic heterocycles. The highest BCUT2D eigenvalue weighted by Crippen LogP contribution is 2.12. The quantitative estimate of drug-likeness (QED) is 0.391. The second-order valence-corrected chi connectivity index (χ2v) is 4.27. The SMILES string of the molecule is CC.CC.COc1ccc(/C=C/[N+](=O)[O-])cc1.COc1ccc(C=O)cc1. The fraction of sp³-hybridized carbons (Fsp3) is 0.286. The molecule has 0 aliphatic carbocycles. The second kappa shape index (κ2) is 17.7. The summed E-state index contributed by atoms with van der Waals surface area (Å²) in [6.07, 6.45) is 3.14. The summed E-state index contributed by atoms with van der Waals surface area (Å²) in [6, 6.07) is 13.9. The lowest BCUT2D eigenvalue weighted by Gasteiger charge is -1.97. The number of hydrogen-bond donors (Lipinski definition) is 0. The molecule has 27 heavy (non-hydrogen) atoms. The van der Waals surface area contributed by atoms with Gasteiger partial charge in [-0.3, -0.25) is 14.9 Å². The molecule has 148 valence electrons. The summed E-state index contributed by atoms with van der Waals surface area (Å²) in [4.78, 5) is 19.7. The van der Waals surface area contributed by atoms with Crippen LogP contribution in [-0.4, -0.2) is 25.4 Å². The van der Waals surface area contributed by atoms with E-state index in [1.165, 1.54) is 6.08 Å². The fourth-order valence-corrected chi connectivity index (χ4v) is 1.54. The molecule has 0 N–H and O–H groups in total. The van der Waals surface area contributed by atoms with Crippen LogP contribution in [-0.2, 0) is 0 Å². The molecule has 2 aromatic carbocycles. The van der Waals surface area contributed by atoms with Crippen molar-refractivity contribution in [3.8, 4) is 11.5 Å². The van der Waals surface area contributed by atoms with Crippen LogP contribution >= 0.6 is 0 Å². The van der Waals surface area contributed by atoms with Crippen LogP contribution in [0.1, 0.15) is 43.6 Å². The summed E-state index contributed by atoms with van der Waals surface area (Å²) in [6.45, 7) is 8.00. The number of carbonyl (C=O) groups excluding carboxylic acids is 1. The van der Waals surface area contributed by atoms with E-state index in [0.29, 0.717) is 5.56 Å². The minimum atomic E-state index is -0.496. The molecular formula is C21H29NO5. The van der Waals surface area contributed by atoms with Crippen molar-refractivity contribution in [3.63, 3.8) is 0 Å². The van der Waals surface area contributed by atoms with Gasteiger partial charge in [0.1, 0.15) is 17.8 Å². The lowest BCUT2D eigenvalue weighted by Crippen LogP contribution is -1.83. The number of nitro groups is 1. The average Bonchev–Trinajstić information content (AvgIpc) is 2.76. The zero-order valence-electron chi connectivity index (χ0n) is 16.8. The van der Waals surface area contributed by atoms with E-state index in [4.69, 9.17) is 9.47 Å². The Morgan fingerprint density at radius 3 is 1.44 bits per heavy atom. The molecule has 0 atom stereocenters. The smallest absolute Gasteiger partial charge is 0.235 e. The van der Waals surface area contributed by atoms with E-state index in [1.54, 1.807) is 62.8 Å². The van der Waals surface area contributed by atoms with Crippen LogP contribution in [0.4, 0.5) is 0 Å². The Bertz CT molecular complexity index is 649. The summed E-state index contributed by atoms with van der Waals surface area (Å²) >= 11 is 0. The third-order valence-corrected chi connectivity index (χ3v) is 2.76. The molecular weight excluding hydrogens is 346 g/mol. The lowest BCUT2D eigenvalue weighted by molar-refractivity contribution is -0.400. The highest BCUT2D eigenvalue weighted by molar-refractivity contribution is 5.74. The molecule has 0 saturated carbocycles. The molecule has 0 aliphatic rings. The number of hydrogen-bond acceptors (Lipinski definition) is 5. The first-order chi connectivity index (χ1) is 13.1. The molecule has 6 heteroatoms. The van der Waals surface area contributed by atoms with Crippen molar-refractivity contribution < 1.29 is 19.2 Å². The number of ether oxygens (including phenoxy) is 2. The Morgan fingerprint density at radius 1 is 0.778 bits per heavy atom. The molecule has 0 amide bonds. The normalized spacial score (nSPS) is 8.67. The maximum atomic E-state index is 10.2. The van der Waals surface area contributed by atoms with Crippen LogP contribution in [0, 0.1) is 10.1 Å². The van der Waals surface area contributed by atoms with Crippen molar-refractivity contribution in [1.82, 2.24) is 0 Å². The third kappa shape index (κ3) is 12.8. The summed E-state index contributed by atoms with van der Waals surface area (Å²) in [5.74, 6) is 1.50. The van der Waals surface area contributed by atoms with Gasteiger partial charge in [0.05, 0.1) is 19.1 Å². The number of carbonyl (C=O) groups is 1. The van der Waals surface area contributed by atoms with Crippen LogP contribution in [0.3, 0.4) is 0 Å². The maximum Gasteiger partial charge on any atom is 0.235 e. The lowest BCUT2D eigenvalue weighted by atomic mass is 10.2. The summed E-state index contributed by atoms with van der Waals surface area (Å²) < 4.78 is 9.83. The van der Waals surface area contributed by atoms with E-state index < -0.39 is 4.92 Å². The van der Waals surface area contributed by atoms with Crippen molar-refractivity contribution in [3.05, 3.63) is 76.0 Å². The van der Waals surface area contributed by atoms with E-state index in [2.05, 4.69) is 0 Å². The van der Waals surface area contributed by atoms with E-state index in [9.17, 15) is 14.9 Å². The Balaban J connectivity index is 0. The first-order valence-corrected chi connectivity index (χ1v) is 8.64. The van der Waals surface area contributed by atoms with Gasteiger partial charge in [-0.15, -0.1) is 0 Å². The highest BCUT2D eigenvalue weighted by Gasteiger charge is 1.92. The number of methoxy groups -OCH3 is 2. The van der Waals surface area contributed by atoms with Gasteiger partial charge in [-0.1, -0.05) is 39.8 Å². The molecule has 2 rings (SSSR count). The molecule has 0 aromatic heterocycles. The Hall–Kier alpha value is -3.15. The standard InChI is InChI=1S/C9H9NO3.C8H8O2.2C2H6/c1-13-9-4-2-8(3-5-9)6-7-10(11)12;1-10-8-4-2-7(6-9)3-5-8;2*1-2/h2-7H,1H3;2-6H,1H3;2*1-2H3/b7-6+;;;. The third-order valence-electron chi connectivity index (χ3n) is 2.76. The van der Waals surface area contributed by atoms with E-state index >= 15 is 0 Å². The average molecular weight is 375 g/mol. The number of benzene rings is 2. The minimum absolute atomic E-state index is 0.496. The summed E-state index contributed by atoms with van der Waals surface area (Å²) in [5.41, 5.74) is 1.44. The van der Waals surface area contributed by atoms with Crippen molar-refractivity contribution >= 4 is 12.4 Å². The first kappa shape index (κ1) is 26.1. The zero-order valence-corrected chi connectivity index (χ0v) is 16.8. The maximum absolute atomic E-state index is 10.2. The van der Waals surface area contributed by atoms with E-state index in [1.807, 2.05) is 27.7 Å². The van der Waals surface area contributed by atoms with Gasteiger partial charge in [0, 0.05) is 11.6 Å². The molecule has 0 fully saturated rings. The van der Waals surface area contributed by atoms with Crippen molar-refractivity contribution in [2.24, 2.45) is 0 Å². The molecule has 0 bridgehead atoms. The Kier molecular flexibility index (Phi) is 17.1. The van der Waals surface area contributed by atoms with Gasteiger partial charge in [0.15, 0.2) is 0 Å². The van der Waals surface area contributed by atoms with Crippen LogP contribution < -0.4 is 9.47 Å². The van der Waals surface area contributed by atoms with Crippen LogP contribution in [0.2, 0.25) is 0 Å². The predicted octanol–water partition coefficient (Wildman–Crippen LogP) is 5.50. The van der Waals surface area contributed by atoms with Crippen molar-refractivity contribution in [1.29, 1.82) is 0 Å². The highest BCUT2D eigenvalue weighted by atomic mass is 16.6. The molecule has 0 radical (unpaired) electrons. The fourth-order valence-electron chi connectivity index (χ4n) is 1.54. The van der Waals surface area contributed by atoms with Gasteiger partial charge in [-0.05, 0) is 42.0 Å². The topological polar surface area (TPSA) is 78.7 Å². The van der Waals surface area contributed by atoms with Crippen LogP contribution in [0.25, 0.3) is 6.08 Å².